The molecule has 0 fully saturated rings. The van der Waals surface area contributed by atoms with Crippen LogP contribution in [0.3, 0.4) is 0 Å². The Bertz CT molecular complexity index is 571. The number of methoxy groups -OCH3 is 1. The lowest BCUT2D eigenvalue weighted by Crippen LogP contribution is -2.10. The summed E-state index contributed by atoms with van der Waals surface area (Å²) < 4.78 is 23.2. The van der Waals surface area contributed by atoms with E-state index in [2.05, 4.69) is 4.74 Å². The average Bonchev–Trinajstić information content (AvgIpc) is 2.40. The number of benzene rings is 1. The Labute approximate surface area is 113 Å². The summed E-state index contributed by atoms with van der Waals surface area (Å²) in [4.78, 5) is 21.3. The van der Waals surface area contributed by atoms with Gasteiger partial charge in [0.05, 0.1) is 24.9 Å². The van der Waals surface area contributed by atoms with Crippen LogP contribution in [0, 0.1) is 15.9 Å². The number of carbonyl (C=O) groups excluding carboxylic acids is 1. The summed E-state index contributed by atoms with van der Waals surface area (Å²) in [7, 11) is 1.04. The molecule has 108 valence electrons. The van der Waals surface area contributed by atoms with Crippen molar-refractivity contribution in [3.63, 3.8) is 0 Å². The highest BCUT2D eigenvalue weighted by molar-refractivity contribution is 5.93. The number of nitrogen functional groups attached to an aromatic ring is 1. The first kappa shape index (κ1) is 15.4. The second-order valence-electron chi connectivity index (χ2n) is 3.60. The van der Waals surface area contributed by atoms with Crippen LogP contribution in [0.4, 0.5) is 15.8 Å². The molecule has 0 aromatic heterocycles. The van der Waals surface area contributed by atoms with Crippen LogP contribution in [0.25, 0.3) is 6.08 Å². The van der Waals surface area contributed by atoms with Gasteiger partial charge in [0, 0.05) is 5.56 Å². The summed E-state index contributed by atoms with van der Waals surface area (Å²) in [5, 5.41) is 10.9. The minimum Gasteiger partial charge on any atom is -0.501 e. The molecule has 2 N–H and O–H groups in total. The average molecular weight is 284 g/mol. The number of nitro benzene ring substituents is 1. The highest BCUT2D eigenvalue weighted by atomic mass is 19.1. The zero-order chi connectivity index (χ0) is 15.3. The molecule has 1 rings (SSSR count). The third-order valence-electron chi connectivity index (χ3n) is 2.41. The summed E-state index contributed by atoms with van der Waals surface area (Å²) in [5.74, 6) is -2.36. The van der Waals surface area contributed by atoms with Gasteiger partial charge in [0.15, 0.2) is 0 Å². The first-order valence-corrected chi connectivity index (χ1v) is 5.56. The first-order chi connectivity index (χ1) is 9.43. The van der Waals surface area contributed by atoms with Crippen molar-refractivity contribution in [1.29, 1.82) is 0 Å². The molecule has 0 bridgehead atoms. The van der Waals surface area contributed by atoms with Crippen molar-refractivity contribution < 1.29 is 23.6 Å². The quantitative estimate of drug-likeness (QED) is 0.292. The SMILES string of the molecule is CCO/C=C/c1cc(C(=O)OC)c(F)c([N+](=O)[O-])c1N. The minimum atomic E-state index is -1.33. The molecule has 20 heavy (non-hydrogen) atoms. The van der Waals surface area contributed by atoms with Crippen molar-refractivity contribution in [3.8, 4) is 0 Å². The number of nitrogens with zero attached hydrogens (tertiary/aromatic N) is 1. The number of nitrogens with two attached hydrogens (primary N) is 1. The number of nitro groups is 1. The fourth-order valence-corrected chi connectivity index (χ4v) is 1.47. The van der Waals surface area contributed by atoms with E-state index in [9.17, 15) is 19.3 Å². The Morgan fingerprint density at radius 3 is 2.75 bits per heavy atom. The molecule has 0 unspecified atom stereocenters. The molecule has 0 aliphatic heterocycles. The highest BCUT2D eigenvalue weighted by Gasteiger charge is 2.28. The Kier molecular flexibility index (Phi) is 5.01. The van der Waals surface area contributed by atoms with Gasteiger partial charge in [-0.1, -0.05) is 0 Å². The number of ether oxygens (including phenoxy) is 2. The van der Waals surface area contributed by atoms with Crippen molar-refractivity contribution >= 4 is 23.4 Å². The van der Waals surface area contributed by atoms with Crippen LogP contribution in [0.2, 0.25) is 0 Å². The van der Waals surface area contributed by atoms with Gasteiger partial charge < -0.3 is 15.2 Å². The second kappa shape index (κ2) is 6.50. The smallest absolute Gasteiger partial charge is 0.341 e. The molecule has 0 saturated heterocycles. The van der Waals surface area contributed by atoms with Gasteiger partial charge >= 0.3 is 11.7 Å². The van der Waals surface area contributed by atoms with Gasteiger partial charge in [0.1, 0.15) is 11.3 Å². The van der Waals surface area contributed by atoms with Crippen molar-refractivity contribution in [2.45, 2.75) is 6.92 Å². The summed E-state index contributed by atoms with van der Waals surface area (Å²) in [6.07, 6.45) is 2.55. The number of esters is 1. The second-order valence-corrected chi connectivity index (χ2v) is 3.60. The Balaban J connectivity index is 3.49. The minimum absolute atomic E-state index is 0.0898. The van der Waals surface area contributed by atoms with Crippen LogP contribution in [0.5, 0.6) is 0 Å². The molecule has 8 heteroatoms. The maximum Gasteiger partial charge on any atom is 0.341 e. The molecule has 1 aromatic carbocycles. The molecule has 0 radical (unpaired) electrons. The largest absolute Gasteiger partial charge is 0.501 e. The van der Waals surface area contributed by atoms with E-state index < -0.39 is 33.6 Å². The van der Waals surface area contributed by atoms with E-state index >= 15 is 0 Å². The monoisotopic (exact) mass is 284 g/mol. The number of halogens is 1. The highest BCUT2D eigenvalue weighted by Crippen LogP contribution is 2.32. The molecule has 7 nitrogen and oxygen atoms in total. The third kappa shape index (κ3) is 3.02. The van der Waals surface area contributed by atoms with Gasteiger partial charge in [-0.3, -0.25) is 10.1 Å². The fraction of sp³-hybridized carbons (Fsp3) is 0.250. The molecule has 0 heterocycles. The topological polar surface area (TPSA) is 105 Å². The van der Waals surface area contributed by atoms with Crippen molar-refractivity contribution in [2.75, 3.05) is 19.5 Å². The predicted octanol–water partition coefficient (Wildman–Crippen LogP) is 2.11. The van der Waals surface area contributed by atoms with E-state index in [0.29, 0.717) is 6.61 Å². The molecule has 0 atom stereocenters. The van der Waals surface area contributed by atoms with Gasteiger partial charge in [-0.15, -0.1) is 0 Å². The summed E-state index contributed by atoms with van der Waals surface area (Å²) >= 11 is 0. The molecular formula is C12H13FN2O5. The third-order valence-corrected chi connectivity index (χ3v) is 2.41. The van der Waals surface area contributed by atoms with Crippen LogP contribution >= 0.6 is 0 Å². The number of anilines is 1. The molecule has 0 saturated carbocycles. The number of hydrogen-bond donors (Lipinski definition) is 1. The lowest BCUT2D eigenvalue weighted by molar-refractivity contribution is -0.386. The van der Waals surface area contributed by atoms with Gasteiger partial charge in [-0.05, 0) is 19.1 Å². The Morgan fingerprint density at radius 1 is 1.60 bits per heavy atom. The summed E-state index contributed by atoms with van der Waals surface area (Å²) in [6, 6.07) is 1.07. The lowest BCUT2D eigenvalue weighted by atomic mass is 10.1. The summed E-state index contributed by atoms with van der Waals surface area (Å²) in [5.41, 5.74) is 3.70. The lowest BCUT2D eigenvalue weighted by Gasteiger charge is -2.07. The van der Waals surface area contributed by atoms with Crippen LogP contribution in [0.1, 0.15) is 22.8 Å². The van der Waals surface area contributed by atoms with Crippen LogP contribution < -0.4 is 5.73 Å². The molecule has 0 aliphatic rings. The zero-order valence-electron chi connectivity index (χ0n) is 10.9. The molecule has 0 amide bonds. The number of rotatable bonds is 5. The maximum atomic E-state index is 13.9. The number of hydrogen-bond acceptors (Lipinski definition) is 6. The van der Waals surface area contributed by atoms with Gasteiger partial charge in [0.2, 0.25) is 5.82 Å². The van der Waals surface area contributed by atoms with E-state index in [-0.39, 0.29) is 5.56 Å². The van der Waals surface area contributed by atoms with Crippen molar-refractivity contribution in [2.24, 2.45) is 0 Å². The van der Waals surface area contributed by atoms with E-state index in [1.54, 1.807) is 6.92 Å². The standard InChI is InChI=1S/C12H13FN2O5/c1-3-20-5-4-7-6-8(12(16)19-2)9(13)11(10(7)14)15(17)18/h4-6H,3,14H2,1-2H3/b5-4+. The van der Waals surface area contributed by atoms with Crippen molar-refractivity contribution in [3.05, 3.63) is 39.4 Å². The van der Waals surface area contributed by atoms with Crippen LogP contribution in [-0.4, -0.2) is 24.6 Å². The number of carbonyl (C=O) groups is 1. The molecule has 1 aromatic rings. The molecular weight excluding hydrogens is 271 g/mol. The fourth-order valence-electron chi connectivity index (χ4n) is 1.47. The predicted molar refractivity (Wildman–Crippen MR) is 69.5 cm³/mol. The van der Waals surface area contributed by atoms with Crippen molar-refractivity contribution in [1.82, 2.24) is 0 Å². The van der Waals surface area contributed by atoms with Crippen LogP contribution in [-0.2, 0) is 9.47 Å². The summed E-state index contributed by atoms with van der Waals surface area (Å²) in [6.45, 7) is 2.12. The zero-order valence-corrected chi connectivity index (χ0v) is 10.9. The van der Waals surface area contributed by atoms with Gasteiger partial charge in [-0.25, -0.2) is 4.79 Å². The molecule has 0 spiro atoms. The Hall–Kier alpha value is -2.64. The Morgan fingerprint density at radius 2 is 2.25 bits per heavy atom. The first-order valence-electron chi connectivity index (χ1n) is 5.56. The van der Waals surface area contributed by atoms with E-state index in [1.165, 1.54) is 12.3 Å². The van der Waals surface area contributed by atoms with Crippen LogP contribution in [0.15, 0.2) is 12.3 Å². The van der Waals surface area contributed by atoms with Gasteiger partial charge in [0.25, 0.3) is 0 Å². The maximum absolute atomic E-state index is 13.9. The van der Waals surface area contributed by atoms with Gasteiger partial charge in [-0.2, -0.15) is 4.39 Å². The van der Waals surface area contributed by atoms with E-state index in [1.807, 2.05) is 0 Å². The molecule has 0 aliphatic carbocycles. The van der Waals surface area contributed by atoms with E-state index in [4.69, 9.17) is 10.5 Å². The van der Waals surface area contributed by atoms with E-state index in [0.717, 1.165) is 13.2 Å². The normalized spacial score (nSPS) is 10.6.